The van der Waals surface area contributed by atoms with E-state index in [4.69, 9.17) is 9.94 Å². The van der Waals surface area contributed by atoms with E-state index in [0.717, 1.165) is 10.4 Å². The number of benzene rings is 1. The van der Waals surface area contributed by atoms with Crippen LogP contribution in [-0.2, 0) is 9.63 Å². The molecule has 0 saturated carbocycles. The smallest absolute Gasteiger partial charge is 0.362 e. The Morgan fingerprint density at radius 2 is 2.24 bits per heavy atom. The molecule has 1 atom stereocenters. The third kappa shape index (κ3) is 2.70. The van der Waals surface area contributed by atoms with E-state index in [1.54, 1.807) is 6.08 Å². The maximum Gasteiger partial charge on any atom is 0.362 e. The Bertz CT molecular complexity index is 563. The molecule has 0 fully saturated rings. The maximum absolute atomic E-state index is 11.2. The van der Waals surface area contributed by atoms with Crippen molar-refractivity contribution in [2.24, 2.45) is 5.10 Å². The molecular weight excluding hydrogens is 220 g/mol. The molecule has 0 saturated heterocycles. The molecule has 2 rings (SSSR count). The Hall–Kier alpha value is -2.14. The standard InChI is InChI=1S/C12H12N2O3/c1-9(15)12(16)17-14-8-4-6-10-5-2-3-7-11(10)13-14/h2-9,15H,1H3. The largest absolute Gasteiger partial charge is 0.382 e. The van der Waals surface area contributed by atoms with Crippen LogP contribution in [0.2, 0.25) is 0 Å². The highest BCUT2D eigenvalue weighted by Crippen LogP contribution is 1.98. The molecule has 17 heavy (non-hydrogen) atoms. The number of hydroxylamine groups is 1. The number of rotatable bonds is 2. The van der Waals surface area contributed by atoms with E-state index in [2.05, 4.69) is 5.10 Å². The van der Waals surface area contributed by atoms with Crippen LogP contribution in [0.3, 0.4) is 0 Å². The first-order valence-corrected chi connectivity index (χ1v) is 5.18. The first kappa shape index (κ1) is 11.3. The van der Waals surface area contributed by atoms with Crippen molar-refractivity contribution in [1.29, 1.82) is 0 Å². The minimum absolute atomic E-state index is 0.691. The van der Waals surface area contributed by atoms with Crippen molar-refractivity contribution in [3.63, 3.8) is 0 Å². The summed E-state index contributed by atoms with van der Waals surface area (Å²) in [7, 11) is 0. The predicted molar refractivity (Wildman–Crippen MR) is 60.4 cm³/mol. The minimum atomic E-state index is -1.18. The maximum atomic E-state index is 11.2. The van der Waals surface area contributed by atoms with Gasteiger partial charge in [-0.2, -0.15) is 0 Å². The minimum Gasteiger partial charge on any atom is -0.382 e. The van der Waals surface area contributed by atoms with Gasteiger partial charge in [0.2, 0.25) is 0 Å². The van der Waals surface area contributed by atoms with Crippen LogP contribution >= 0.6 is 0 Å². The van der Waals surface area contributed by atoms with E-state index in [-0.39, 0.29) is 0 Å². The SMILES string of the molecule is CC(O)C(=O)ON1C=CC=c2ccccc2=N1. The Morgan fingerprint density at radius 3 is 3.00 bits per heavy atom. The number of hydrogen-bond donors (Lipinski definition) is 1. The molecule has 0 amide bonds. The summed E-state index contributed by atoms with van der Waals surface area (Å²) in [6, 6.07) is 7.46. The molecular formula is C12H12N2O3. The van der Waals surface area contributed by atoms with Crippen LogP contribution < -0.4 is 10.6 Å². The van der Waals surface area contributed by atoms with Crippen molar-refractivity contribution in [3.8, 4) is 0 Å². The fraction of sp³-hybridized carbons (Fsp3) is 0.167. The van der Waals surface area contributed by atoms with Crippen molar-refractivity contribution in [1.82, 2.24) is 5.17 Å². The molecule has 0 spiro atoms. The molecule has 5 nitrogen and oxygen atoms in total. The fourth-order valence-corrected chi connectivity index (χ4v) is 1.30. The van der Waals surface area contributed by atoms with E-state index in [1.165, 1.54) is 13.1 Å². The summed E-state index contributed by atoms with van der Waals surface area (Å²) in [5, 5.41) is 15.8. The molecule has 1 aromatic rings. The molecule has 1 aliphatic heterocycles. The molecule has 1 aromatic carbocycles. The normalized spacial score (nSPS) is 15.1. The van der Waals surface area contributed by atoms with Gasteiger partial charge in [-0.1, -0.05) is 29.4 Å². The Kier molecular flexibility index (Phi) is 3.20. The van der Waals surface area contributed by atoms with Crippen molar-refractivity contribution in [2.45, 2.75) is 13.0 Å². The van der Waals surface area contributed by atoms with Crippen LogP contribution in [0.15, 0.2) is 41.6 Å². The topological polar surface area (TPSA) is 62.1 Å². The van der Waals surface area contributed by atoms with Crippen LogP contribution in [0.1, 0.15) is 6.92 Å². The monoisotopic (exact) mass is 232 g/mol. The van der Waals surface area contributed by atoms with Crippen molar-refractivity contribution < 1.29 is 14.7 Å². The highest BCUT2D eigenvalue weighted by Gasteiger charge is 2.14. The molecule has 0 radical (unpaired) electrons. The van der Waals surface area contributed by atoms with Gasteiger partial charge in [0.15, 0.2) is 6.10 Å². The molecule has 1 aliphatic rings. The molecule has 1 unspecified atom stereocenters. The molecule has 0 bridgehead atoms. The van der Waals surface area contributed by atoms with Gasteiger partial charge in [-0.25, -0.2) is 4.79 Å². The molecule has 1 heterocycles. The predicted octanol–water partition coefficient (Wildman–Crippen LogP) is -0.330. The van der Waals surface area contributed by atoms with Gasteiger partial charge < -0.3 is 9.94 Å². The van der Waals surface area contributed by atoms with E-state index in [0.29, 0.717) is 5.36 Å². The van der Waals surface area contributed by atoms with Gasteiger partial charge in [0.1, 0.15) is 0 Å². The molecule has 5 heteroatoms. The highest BCUT2D eigenvalue weighted by atomic mass is 16.7. The summed E-state index contributed by atoms with van der Waals surface area (Å²) in [4.78, 5) is 16.1. The second-order valence-corrected chi connectivity index (χ2v) is 3.56. The Balaban J connectivity index is 2.29. The Morgan fingerprint density at radius 1 is 1.47 bits per heavy atom. The Labute approximate surface area is 97.9 Å². The van der Waals surface area contributed by atoms with Crippen LogP contribution in [0.4, 0.5) is 0 Å². The molecule has 0 aliphatic carbocycles. The van der Waals surface area contributed by atoms with Crippen LogP contribution in [0, 0.1) is 0 Å². The number of aliphatic hydroxyl groups excluding tert-OH is 1. The second-order valence-electron chi connectivity index (χ2n) is 3.56. The van der Waals surface area contributed by atoms with E-state index < -0.39 is 12.1 Å². The number of fused-ring (bicyclic) bond motifs is 1. The van der Waals surface area contributed by atoms with Gasteiger partial charge in [0, 0.05) is 5.22 Å². The number of nitrogens with zero attached hydrogens (tertiary/aromatic N) is 2. The first-order valence-electron chi connectivity index (χ1n) is 5.18. The second kappa shape index (κ2) is 4.80. The van der Waals surface area contributed by atoms with Crippen LogP contribution in [0.5, 0.6) is 0 Å². The zero-order valence-electron chi connectivity index (χ0n) is 9.28. The van der Waals surface area contributed by atoms with Crippen molar-refractivity contribution >= 4 is 12.0 Å². The lowest BCUT2D eigenvalue weighted by Crippen LogP contribution is -2.30. The van der Waals surface area contributed by atoms with Gasteiger partial charge in [-0.15, -0.1) is 5.10 Å². The van der Waals surface area contributed by atoms with Crippen molar-refractivity contribution in [3.05, 3.63) is 47.1 Å². The summed E-state index contributed by atoms with van der Waals surface area (Å²) in [5.41, 5.74) is 0. The van der Waals surface area contributed by atoms with E-state index >= 15 is 0 Å². The molecule has 1 N–H and O–H groups in total. The lowest BCUT2D eigenvalue weighted by Gasteiger charge is -2.13. The zero-order valence-corrected chi connectivity index (χ0v) is 9.28. The third-order valence-electron chi connectivity index (χ3n) is 2.16. The van der Waals surface area contributed by atoms with Crippen LogP contribution in [-0.4, -0.2) is 22.4 Å². The third-order valence-corrected chi connectivity index (χ3v) is 2.16. The number of aliphatic hydroxyl groups is 1. The number of carbonyl (C=O) groups excluding carboxylic acids is 1. The molecule has 88 valence electrons. The summed E-state index contributed by atoms with van der Waals surface area (Å²) < 4.78 is 0. The summed E-state index contributed by atoms with van der Waals surface area (Å²) in [5.74, 6) is -0.752. The lowest BCUT2D eigenvalue weighted by molar-refractivity contribution is -0.188. The van der Waals surface area contributed by atoms with Gasteiger partial charge in [-0.05, 0) is 19.1 Å². The van der Waals surface area contributed by atoms with Gasteiger partial charge in [-0.3, -0.25) is 0 Å². The fourth-order valence-electron chi connectivity index (χ4n) is 1.30. The quantitative estimate of drug-likeness (QED) is 0.758. The van der Waals surface area contributed by atoms with Gasteiger partial charge >= 0.3 is 5.97 Å². The summed E-state index contributed by atoms with van der Waals surface area (Å²) in [6.07, 6.45) is 3.89. The number of carbonyl (C=O) groups is 1. The van der Waals surface area contributed by atoms with Crippen LogP contribution in [0.25, 0.3) is 6.08 Å². The summed E-state index contributed by atoms with van der Waals surface area (Å²) >= 11 is 0. The van der Waals surface area contributed by atoms with Crippen molar-refractivity contribution in [2.75, 3.05) is 0 Å². The molecule has 0 aromatic heterocycles. The van der Waals surface area contributed by atoms with Gasteiger partial charge in [0.05, 0.1) is 11.6 Å². The average Bonchev–Trinajstić information content (AvgIpc) is 2.50. The van der Waals surface area contributed by atoms with E-state index in [1.807, 2.05) is 30.3 Å². The lowest BCUT2D eigenvalue weighted by atomic mass is 10.3. The van der Waals surface area contributed by atoms with E-state index in [9.17, 15) is 4.79 Å². The average molecular weight is 232 g/mol. The number of allylic oxidation sites excluding steroid dienone is 1. The summed E-state index contributed by atoms with van der Waals surface area (Å²) in [6.45, 7) is 1.34. The highest BCUT2D eigenvalue weighted by molar-refractivity contribution is 5.73. The number of hydrogen-bond acceptors (Lipinski definition) is 5. The zero-order chi connectivity index (χ0) is 12.3. The van der Waals surface area contributed by atoms with Gasteiger partial charge in [0.25, 0.3) is 0 Å². The first-order chi connectivity index (χ1) is 8.16.